The highest BCUT2D eigenvalue weighted by Crippen LogP contribution is 2.26. The van der Waals surface area contributed by atoms with E-state index in [-0.39, 0.29) is 17.7 Å². The van der Waals surface area contributed by atoms with Crippen molar-refractivity contribution in [2.45, 2.75) is 32.2 Å². The summed E-state index contributed by atoms with van der Waals surface area (Å²) >= 11 is 6.05. The van der Waals surface area contributed by atoms with Crippen LogP contribution in [-0.4, -0.2) is 52.4 Å². The molecule has 2 saturated heterocycles. The van der Waals surface area contributed by atoms with Crippen LogP contribution in [0.5, 0.6) is 0 Å². The van der Waals surface area contributed by atoms with Gasteiger partial charge < -0.3 is 14.4 Å². The molecule has 2 aromatic carbocycles. The molecule has 3 heterocycles. The fourth-order valence-corrected chi connectivity index (χ4v) is 5.14. The second-order valence-corrected chi connectivity index (χ2v) is 9.34. The molecule has 0 N–H and O–H groups in total. The molecule has 32 heavy (non-hydrogen) atoms. The third-order valence-corrected chi connectivity index (χ3v) is 7.08. The molecule has 2 aliphatic rings. The third-order valence-electron chi connectivity index (χ3n) is 6.83. The van der Waals surface area contributed by atoms with Crippen LogP contribution < -0.4 is 0 Å². The summed E-state index contributed by atoms with van der Waals surface area (Å²) in [6.07, 6.45) is 3.72. The van der Waals surface area contributed by atoms with Crippen molar-refractivity contribution in [1.82, 2.24) is 14.4 Å². The van der Waals surface area contributed by atoms with Gasteiger partial charge >= 0.3 is 0 Å². The molecular formula is C26H28ClN3O2. The van der Waals surface area contributed by atoms with Crippen molar-refractivity contribution in [2.24, 2.45) is 5.92 Å². The van der Waals surface area contributed by atoms with Gasteiger partial charge in [0, 0.05) is 54.6 Å². The average Bonchev–Trinajstić information content (AvgIpc) is 3.49. The fraction of sp³-hybridized carbons (Fsp3) is 0.385. The fourth-order valence-electron chi connectivity index (χ4n) is 5.02. The predicted molar refractivity (Wildman–Crippen MR) is 127 cm³/mol. The molecule has 0 spiro atoms. The second kappa shape index (κ2) is 8.99. The van der Waals surface area contributed by atoms with E-state index in [9.17, 15) is 9.59 Å². The number of para-hydroxylation sites is 1. The van der Waals surface area contributed by atoms with Crippen LogP contribution >= 0.6 is 11.6 Å². The number of carbonyl (C=O) groups is 2. The van der Waals surface area contributed by atoms with Gasteiger partial charge in [0.05, 0.1) is 0 Å². The molecule has 5 nitrogen and oxygen atoms in total. The van der Waals surface area contributed by atoms with Crippen molar-refractivity contribution < 1.29 is 9.59 Å². The van der Waals surface area contributed by atoms with Gasteiger partial charge in [0.25, 0.3) is 5.91 Å². The molecule has 6 heteroatoms. The van der Waals surface area contributed by atoms with E-state index in [2.05, 4.69) is 10.6 Å². The summed E-state index contributed by atoms with van der Waals surface area (Å²) in [6, 6.07) is 17.9. The predicted octanol–water partition coefficient (Wildman–Crippen LogP) is 4.82. The Balaban J connectivity index is 1.35. The SMILES string of the molecule is O=C(c1cc2ccccc2n1Cc1ccc(Cl)cc1)N1CCC(C(=O)N2CCCC2)CC1. The minimum Gasteiger partial charge on any atom is -0.342 e. The van der Waals surface area contributed by atoms with Crippen LogP contribution in [0.15, 0.2) is 54.6 Å². The maximum Gasteiger partial charge on any atom is 0.270 e. The number of hydrogen-bond acceptors (Lipinski definition) is 2. The van der Waals surface area contributed by atoms with Crippen molar-refractivity contribution in [3.05, 3.63) is 70.9 Å². The number of benzene rings is 2. The highest BCUT2D eigenvalue weighted by molar-refractivity contribution is 6.30. The van der Waals surface area contributed by atoms with Gasteiger partial charge in [-0.25, -0.2) is 0 Å². The summed E-state index contributed by atoms with van der Waals surface area (Å²) in [5, 5.41) is 1.76. The normalized spacial score (nSPS) is 17.3. The van der Waals surface area contributed by atoms with Gasteiger partial charge in [-0.3, -0.25) is 9.59 Å². The number of aromatic nitrogens is 1. The lowest BCUT2D eigenvalue weighted by Crippen LogP contribution is -2.44. The first-order valence-corrected chi connectivity index (χ1v) is 11.9. The summed E-state index contributed by atoms with van der Waals surface area (Å²) in [4.78, 5) is 30.2. The number of halogens is 1. The van der Waals surface area contributed by atoms with E-state index in [0.29, 0.717) is 30.4 Å². The highest BCUT2D eigenvalue weighted by Gasteiger charge is 2.32. The van der Waals surface area contributed by atoms with Crippen LogP contribution in [0.3, 0.4) is 0 Å². The number of rotatable bonds is 4. The standard InChI is InChI=1S/C26H28ClN3O2/c27-22-9-7-19(8-10-22)18-30-23-6-2-1-5-21(23)17-24(30)26(32)29-15-11-20(12-16-29)25(31)28-13-3-4-14-28/h1-2,5-10,17,20H,3-4,11-16,18H2. The lowest BCUT2D eigenvalue weighted by Gasteiger charge is -2.33. The molecule has 0 bridgehead atoms. The average molecular weight is 450 g/mol. The topological polar surface area (TPSA) is 45.6 Å². The first-order valence-electron chi connectivity index (χ1n) is 11.5. The molecule has 0 saturated carbocycles. The Morgan fingerprint density at radius 1 is 0.875 bits per heavy atom. The minimum absolute atomic E-state index is 0.0437. The van der Waals surface area contributed by atoms with E-state index in [4.69, 9.17) is 11.6 Å². The van der Waals surface area contributed by atoms with Gasteiger partial charge in [-0.2, -0.15) is 0 Å². The number of fused-ring (bicyclic) bond motifs is 1. The lowest BCUT2D eigenvalue weighted by molar-refractivity contribution is -0.135. The van der Waals surface area contributed by atoms with Crippen LogP contribution in [0.4, 0.5) is 0 Å². The van der Waals surface area contributed by atoms with Crippen molar-refractivity contribution in [2.75, 3.05) is 26.2 Å². The molecular weight excluding hydrogens is 422 g/mol. The zero-order valence-corrected chi connectivity index (χ0v) is 18.9. The second-order valence-electron chi connectivity index (χ2n) is 8.90. The monoisotopic (exact) mass is 449 g/mol. The van der Waals surface area contributed by atoms with E-state index in [1.165, 1.54) is 0 Å². The van der Waals surface area contributed by atoms with Crippen molar-refractivity contribution in [3.63, 3.8) is 0 Å². The number of likely N-dealkylation sites (tertiary alicyclic amines) is 2. The van der Waals surface area contributed by atoms with Gasteiger partial charge in [-0.1, -0.05) is 41.9 Å². The molecule has 0 aliphatic carbocycles. The van der Waals surface area contributed by atoms with Gasteiger partial charge in [0.15, 0.2) is 0 Å². The van der Waals surface area contributed by atoms with Gasteiger partial charge in [0.1, 0.15) is 5.69 Å². The minimum atomic E-state index is 0.0437. The Morgan fingerprint density at radius 2 is 1.56 bits per heavy atom. The lowest BCUT2D eigenvalue weighted by atomic mass is 9.95. The van der Waals surface area contributed by atoms with E-state index in [1.807, 2.05) is 58.3 Å². The first kappa shape index (κ1) is 21.1. The molecule has 5 rings (SSSR count). The highest BCUT2D eigenvalue weighted by atomic mass is 35.5. The maximum atomic E-state index is 13.6. The van der Waals surface area contributed by atoms with E-state index in [0.717, 1.165) is 55.2 Å². The smallest absolute Gasteiger partial charge is 0.270 e. The molecule has 2 amide bonds. The van der Waals surface area contributed by atoms with Gasteiger partial charge in [-0.05, 0) is 55.5 Å². The van der Waals surface area contributed by atoms with Crippen LogP contribution in [0, 0.1) is 5.92 Å². The Labute approximate surface area is 193 Å². The van der Waals surface area contributed by atoms with E-state index < -0.39 is 0 Å². The molecule has 2 aliphatic heterocycles. The molecule has 166 valence electrons. The number of piperidine rings is 1. The molecule has 1 aromatic heterocycles. The zero-order valence-electron chi connectivity index (χ0n) is 18.2. The Bertz CT molecular complexity index is 1120. The van der Waals surface area contributed by atoms with E-state index >= 15 is 0 Å². The van der Waals surface area contributed by atoms with E-state index in [1.54, 1.807) is 0 Å². The molecule has 0 atom stereocenters. The summed E-state index contributed by atoms with van der Waals surface area (Å²) in [7, 11) is 0. The van der Waals surface area contributed by atoms with Crippen molar-refractivity contribution in [3.8, 4) is 0 Å². The summed E-state index contributed by atoms with van der Waals surface area (Å²) < 4.78 is 2.10. The summed E-state index contributed by atoms with van der Waals surface area (Å²) in [5.74, 6) is 0.380. The molecule has 3 aromatic rings. The number of nitrogens with zero attached hydrogens (tertiary/aromatic N) is 3. The number of amides is 2. The Morgan fingerprint density at radius 3 is 2.28 bits per heavy atom. The van der Waals surface area contributed by atoms with Crippen LogP contribution in [0.25, 0.3) is 10.9 Å². The van der Waals surface area contributed by atoms with Crippen LogP contribution in [0.2, 0.25) is 5.02 Å². The van der Waals surface area contributed by atoms with Crippen LogP contribution in [0.1, 0.15) is 41.7 Å². The largest absolute Gasteiger partial charge is 0.342 e. The van der Waals surface area contributed by atoms with Gasteiger partial charge in [-0.15, -0.1) is 0 Å². The van der Waals surface area contributed by atoms with Crippen molar-refractivity contribution in [1.29, 1.82) is 0 Å². The zero-order chi connectivity index (χ0) is 22.1. The summed E-state index contributed by atoms with van der Waals surface area (Å²) in [6.45, 7) is 3.65. The Hall–Kier alpha value is -2.79. The van der Waals surface area contributed by atoms with Gasteiger partial charge in [0.2, 0.25) is 5.91 Å². The quantitative estimate of drug-likeness (QED) is 0.573. The third kappa shape index (κ3) is 4.14. The first-order chi connectivity index (χ1) is 15.6. The summed E-state index contributed by atoms with van der Waals surface area (Å²) in [5.41, 5.74) is 2.84. The molecule has 0 radical (unpaired) electrons. The van der Waals surface area contributed by atoms with Crippen LogP contribution in [-0.2, 0) is 11.3 Å². The van der Waals surface area contributed by atoms with Crippen molar-refractivity contribution >= 4 is 34.3 Å². The maximum absolute atomic E-state index is 13.6. The molecule has 0 unspecified atom stereocenters. The Kier molecular flexibility index (Phi) is 5.92. The number of hydrogen-bond donors (Lipinski definition) is 0. The number of carbonyl (C=O) groups excluding carboxylic acids is 2. The molecule has 2 fully saturated rings.